The molecule has 188 valence electrons. The van der Waals surface area contributed by atoms with Crippen LogP contribution in [0.1, 0.15) is 29.5 Å². The van der Waals surface area contributed by atoms with Crippen LogP contribution in [0.2, 0.25) is 0 Å². The Labute approximate surface area is 210 Å². The maximum atomic E-state index is 15.1. The Balaban J connectivity index is 1.23. The number of fused-ring (bicyclic) bond motifs is 1. The van der Waals surface area contributed by atoms with Gasteiger partial charge in [0.25, 0.3) is 5.89 Å². The molecule has 3 aromatic carbocycles. The molecule has 1 fully saturated rings. The van der Waals surface area contributed by atoms with Gasteiger partial charge >= 0.3 is 5.97 Å². The molecule has 37 heavy (non-hydrogen) atoms. The van der Waals surface area contributed by atoms with Crippen molar-refractivity contribution in [2.24, 2.45) is 5.92 Å². The van der Waals surface area contributed by atoms with Crippen LogP contribution in [-0.2, 0) is 17.9 Å². The zero-order valence-corrected chi connectivity index (χ0v) is 19.8. The van der Waals surface area contributed by atoms with E-state index in [0.717, 1.165) is 36.3 Å². The number of hydrogen-bond acceptors (Lipinski definition) is 5. The molecule has 9 heteroatoms. The highest BCUT2D eigenvalue weighted by molar-refractivity contribution is 5.73. The van der Waals surface area contributed by atoms with Crippen LogP contribution in [-0.4, -0.2) is 32.2 Å². The van der Waals surface area contributed by atoms with E-state index in [4.69, 9.17) is 9.63 Å². The molecule has 0 amide bonds. The van der Waals surface area contributed by atoms with Crippen molar-refractivity contribution in [2.75, 3.05) is 0 Å². The number of carboxylic acids is 1. The molecule has 1 aromatic heterocycles. The number of nitrogens with zero attached hydrogens (tertiary/aromatic N) is 3. The zero-order valence-electron chi connectivity index (χ0n) is 19.8. The number of halogens is 3. The molecule has 1 aliphatic carbocycles. The summed E-state index contributed by atoms with van der Waals surface area (Å²) in [5.41, 5.74) is 3.83. The summed E-state index contributed by atoms with van der Waals surface area (Å²) in [6.45, 7) is 3.16. The third-order valence-electron chi connectivity index (χ3n) is 7.40. The van der Waals surface area contributed by atoms with E-state index in [0.29, 0.717) is 24.2 Å². The number of hydrogen-bond donors (Lipinski definition) is 1. The van der Waals surface area contributed by atoms with Crippen LogP contribution >= 0.6 is 0 Å². The van der Waals surface area contributed by atoms with Crippen molar-refractivity contribution >= 4 is 5.97 Å². The molecule has 0 spiro atoms. The summed E-state index contributed by atoms with van der Waals surface area (Å²) in [5, 5.41) is 13.2. The molecule has 2 heterocycles. The maximum Gasteiger partial charge on any atom is 0.306 e. The van der Waals surface area contributed by atoms with Crippen LogP contribution in [0, 0.1) is 30.3 Å². The van der Waals surface area contributed by atoms with Crippen molar-refractivity contribution in [3.8, 4) is 34.0 Å². The van der Waals surface area contributed by atoms with Gasteiger partial charge in [-0.25, -0.2) is 13.2 Å². The quantitative estimate of drug-likeness (QED) is 0.360. The van der Waals surface area contributed by atoms with Crippen molar-refractivity contribution in [2.45, 2.75) is 38.9 Å². The third kappa shape index (κ3) is 4.09. The summed E-state index contributed by atoms with van der Waals surface area (Å²) in [5.74, 6) is -3.42. The predicted molar refractivity (Wildman–Crippen MR) is 129 cm³/mol. The molecular formula is C28H22F3N3O3. The minimum atomic E-state index is -1.04. The van der Waals surface area contributed by atoms with Crippen molar-refractivity contribution in [3.63, 3.8) is 0 Å². The molecule has 1 saturated carbocycles. The number of carbonyl (C=O) groups is 1. The Morgan fingerprint density at radius 1 is 0.973 bits per heavy atom. The Bertz CT molecular complexity index is 1550. The molecule has 6 nitrogen and oxygen atoms in total. The smallest absolute Gasteiger partial charge is 0.306 e. The van der Waals surface area contributed by atoms with E-state index in [1.165, 1.54) is 23.8 Å². The minimum Gasteiger partial charge on any atom is -0.481 e. The molecule has 0 atom stereocenters. The lowest BCUT2D eigenvalue weighted by atomic mass is 9.79. The van der Waals surface area contributed by atoms with Gasteiger partial charge in [-0.3, -0.25) is 9.69 Å². The van der Waals surface area contributed by atoms with Crippen molar-refractivity contribution in [1.29, 1.82) is 0 Å². The minimum absolute atomic E-state index is 0.0156. The highest BCUT2D eigenvalue weighted by Gasteiger charge is 2.39. The molecule has 0 bridgehead atoms. The van der Waals surface area contributed by atoms with Gasteiger partial charge in [-0.2, -0.15) is 4.98 Å². The van der Waals surface area contributed by atoms with Crippen LogP contribution < -0.4 is 0 Å². The number of aliphatic carboxylic acids is 1. The van der Waals surface area contributed by atoms with Gasteiger partial charge in [0.05, 0.1) is 11.5 Å². The molecule has 0 radical (unpaired) electrons. The van der Waals surface area contributed by atoms with Gasteiger partial charge in [-0.15, -0.1) is 0 Å². The lowest BCUT2D eigenvalue weighted by Gasteiger charge is -2.39. The molecule has 0 saturated heterocycles. The summed E-state index contributed by atoms with van der Waals surface area (Å²) in [6.07, 6.45) is 1.33. The topological polar surface area (TPSA) is 79.5 Å². The van der Waals surface area contributed by atoms with E-state index in [1.807, 2.05) is 18.2 Å². The van der Waals surface area contributed by atoms with Crippen molar-refractivity contribution in [3.05, 3.63) is 82.7 Å². The van der Waals surface area contributed by atoms with Gasteiger partial charge < -0.3 is 9.63 Å². The fourth-order valence-electron chi connectivity index (χ4n) is 5.20. The van der Waals surface area contributed by atoms with E-state index in [9.17, 15) is 13.6 Å². The first-order valence-electron chi connectivity index (χ1n) is 12.0. The summed E-state index contributed by atoms with van der Waals surface area (Å²) >= 11 is 0. The first-order chi connectivity index (χ1) is 17.8. The first-order valence-corrected chi connectivity index (χ1v) is 12.0. The Morgan fingerprint density at radius 2 is 1.76 bits per heavy atom. The van der Waals surface area contributed by atoms with E-state index in [-0.39, 0.29) is 34.5 Å². The van der Waals surface area contributed by atoms with Gasteiger partial charge in [-0.05, 0) is 66.3 Å². The normalized spacial score (nSPS) is 19.0. The molecule has 2 aliphatic rings. The summed E-state index contributed by atoms with van der Waals surface area (Å²) in [4.78, 5) is 17.8. The van der Waals surface area contributed by atoms with Crippen LogP contribution in [0.3, 0.4) is 0 Å². The highest BCUT2D eigenvalue weighted by Crippen LogP contribution is 2.38. The van der Waals surface area contributed by atoms with Gasteiger partial charge in [0.15, 0.2) is 11.6 Å². The molecular weight excluding hydrogens is 483 g/mol. The Hall–Kier alpha value is -3.98. The zero-order chi connectivity index (χ0) is 25.8. The Kier molecular flexibility index (Phi) is 5.60. The standard InChI is InChI=1S/C28H22F3N3O3/c1-14-7-22(24(30)11-21(14)20-3-2-4-23(29)25(20)31)27-32-26(33-37-27)15-5-6-16-12-34(13-18(16)8-15)19-9-17(10-19)28(35)36/h2-8,11,17,19H,9-10,12-13H2,1H3,(H,35,36). The van der Waals surface area contributed by atoms with Gasteiger partial charge in [0, 0.05) is 30.3 Å². The second kappa shape index (κ2) is 8.85. The van der Waals surface area contributed by atoms with Crippen LogP contribution in [0.25, 0.3) is 34.0 Å². The second-order valence-electron chi connectivity index (χ2n) is 9.72. The summed E-state index contributed by atoms with van der Waals surface area (Å²) < 4.78 is 48.4. The van der Waals surface area contributed by atoms with Crippen molar-refractivity contribution in [1.82, 2.24) is 15.0 Å². The highest BCUT2D eigenvalue weighted by atomic mass is 19.2. The van der Waals surface area contributed by atoms with Gasteiger partial charge in [0.1, 0.15) is 5.82 Å². The average molecular weight is 505 g/mol. The fraction of sp³-hybridized carbons (Fsp3) is 0.250. The molecule has 4 aromatic rings. The van der Waals surface area contributed by atoms with E-state index < -0.39 is 23.4 Å². The van der Waals surface area contributed by atoms with Crippen LogP contribution in [0.4, 0.5) is 13.2 Å². The molecule has 0 unspecified atom stereocenters. The molecule has 1 aliphatic heterocycles. The lowest BCUT2D eigenvalue weighted by molar-refractivity contribution is -0.147. The predicted octanol–water partition coefficient (Wildman–Crippen LogP) is 5.98. The SMILES string of the molecule is Cc1cc(-c2nc(-c3ccc4c(c3)CN(C3CC(C(=O)O)C3)C4)no2)c(F)cc1-c1cccc(F)c1F. The number of carboxylic acid groups (broad SMARTS) is 1. The number of benzene rings is 3. The van der Waals surface area contributed by atoms with Gasteiger partial charge in [0.2, 0.25) is 5.82 Å². The maximum absolute atomic E-state index is 15.1. The van der Waals surface area contributed by atoms with Crippen LogP contribution in [0.15, 0.2) is 53.1 Å². The Morgan fingerprint density at radius 3 is 2.54 bits per heavy atom. The van der Waals surface area contributed by atoms with E-state index >= 15 is 4.39 Å². The number of rotatable bonds is 5. The molecule has 1 N–H and O–H groups in total. The summed E-state index contributed by atoms with van der Waals surface area (Å²) in [7, 11) is 0. The largest absolute Gasteiger partial charge is 0.481 e. The van der Waals surface area contributed by atoms with Crippen LogP contribution in [0.5, 0.6) is 0 Å². The average Bonchev–Trinajstić information content (AvgIpc) is 3.48. The van der Waals surface area contributed by atoms with Crippen molar-refractivity contribution < 1.29 is 27.6 Å². The monoisotopic (exact) mass is 505 g/mol. The number of aromatic nitrogens is 2. The fourth-order valence-corrected chi connectivity index (χ4v) is 5.20. The number of aryl methyl sites for hydroxylation is 1. The van der Waals surface area contributed by atoms with E-state index in [1.54, 1.807) is 6.92 Å². The first kappa shape index (κ1) is 23.4. The lowest BCUT2D eigenvalue weighted by Crippen LogP contribution is -2.44. The molecule has 6 rings (SSSR count). The van der Waals surface area contributed by atoms with Gasteiger partial charge in [-0.1, -0.05) is 29.4 Å². The van der Waals surface area contributed by atoms with E-state index in [2.05, 4.69) is 15.0 Å². The third-order valence-corrected chi connectivity index (χ3v) is 7.40. The second-order valence-corrected chi connectivity index (χ2v) is 9.72. The summed E-state index contributed by atoms with van der Waals surface area (Å²) in [6, 6.07) is 12.5.